The molecule has 2 aromatic carbocycles. The minimum absolute atomic E-state index is 0.350. The molecule has 1 aromatic heterocycles. The number of amides is 2. The highest BCUT2D eigenvalue weighted by molar-refractivity contribution is 5.98. The molecule has 0 saturated heterocycles. The summed E-state index contributed by atoms with van der Waals surface area (Å²) in [6.45, 7) is 4.77. The van der Waals surface area contributed by atoms with Crippen molar-refractivity contribution in [3.8, 4) is 0 Å². The Hall–Kier alpha value is -3.88. The maximum atomic E-state index is 12.3. The monoisotopic (exact) mass is 410 g/mol. The van der Waals surface area contributed by atoms with E-state index in [0.29, 0.717) is 22.3 Å². The Morgan fingerprint density at radius 3 is 2.47 bits per heavy atom. The van der Waals surface area contributed by atoms with Gasteiger partial charge in [0.25, 0.3) is 11.8 Å². The Labute approximate surface area is 171 Å². The number of carbonyl (C=O) groups is 3. The zero-order valence-electron chi connectivity index (χ0n) is 16.7. The molecule has 0 unspecified atom stereocenters. The average molecular weight is 410 g/mol. The maximum absolute atomic E-state index is 12.3. The number of aromatic amines is 2. The van der Waals surface area contributed by atoms with Gasteiger partial charge >= 0.3 is 11.7 Å². The number of hydrogen-bond donors (Lipinski definition) is 4. The van der Waals surface area contributed by atoms with Crippen LogP contribution in [0.15, 0.2) is 47.3 Å². The number of hydrogen-bond acceptors (Lipinski definition) is 5. The number of imidazole rings is 1. The van der Waals surface area contributed by atoms with Gasteiger partial charge in [0.15, 0.2) is 6.10 Å². The van der Waals surface area contributed by atoms with Crippen molar-refractivity contribution in [2.24, 2.45) is 0 Å². The van der Waals surface area contributed by atoms with Crippen LogP contribution in [0.5, 0.6) is 0 Å². The van der Waals surface area contributed by atoms with E-state index in [1.807, 2.05) is 13.0 Å². The lowest BCUT2D eigenvalue weighted by Gasteiger charge is -2.17. The normalized spacial score (nSPS) is 12.8. The van der Waals surface area contributed by atoms with E-state index in [1.54, 1.807) is 36.4 Å². The highest BCUT2D eigenvalue weighted by Gasteiger charge is 2.23. The van der Waals surface area contributed by atoms with Crippen molar-refractivity contribution in [1.82, 2.24) is 15.3 Å². The Kier molecular flexibility index (Phi) is 6.01. The van der Waals surface area contributed by atoms with E-state index >= 15 is 0 Å². The van der Waals surface area contributed by atoms with Crippen LogP contribution in [0.4, 0.5) is 5.69 Å². The fourth-order valence-corrected chi connectivity index (χ4v) is 2.81. The van der Waals surface area contributed by atoms with Gasteiger partial charge in [-0.25, -0.2) is 9.59 Å². The van der Waals surface area contributed by atoms with Crippen LogP contribution in [0.25, 0.3) is 11.0 Å². The van der Waals surface area contributed by atoms with Crippen LogP contribution in [-0.4, -0.2) is 39.9 Å². The molecule has 0 aliphatic rings. The van der Waals surface area contributed by atoms with Crippen LogP contribution in [0, 0.1) is 6.92 Å². The van der Waals surface area contributed by atoms with E-state index in [1.165, 1.54) is 13.8 Å². The lowest BCUT2D eigenvalue weighted by atomic mass is 10.1. The number of esters is 1. The van der Waals surface area contributed by atoms with Gasteiger partial charge in [-0.3, -0.25) is 9.59 Å². The molecule has 2 amide bonds. The zero-order chi connectivity index (χ0) is 21.8. The van der Waals surface area contributed by atoms with Crippen LogP contribution in [0.3, 0.4) is 0 Å². The number of aryl methyl sites for hydroxylation is 1. The first-order valence-corrected chi connectivity index (χ1v) is 9.34. The molecule has 0 spiro atoms. The van der Waals surface area contributed by atoms with Crippen molar-refractivity contribution >= 4 is 34.5 Å². The second-order valence-corrected chi connectivity index (χ2v) is 6.97. The Bertz CT molecular complexity index is 1160. The molecule has 9 nitrogen and oxygen atoms in total. The molecule has 4 N–H and O–H groups in total. The van der Waals surface area contributed by atoms with Crippen molar-refractivity contribution in [3.05, 3.63) is 64.1 Å². The molecule has 1 heterocycles. The maximum Gasteiger partial charge on any atom is 0.329 e. The van der Waals surface area contributed by atoms with E-state index in [4.69, 9.17) is 4.74 Å². The largest absolute Gasteiger partial charge is 0.451 e. The van der Waals surface area contributed by atoms with Gasteiger partial charge in [0.05, 0.1) is 11.0 Å². The third kappa shape index (κ3) is 4.93. The van der Waals surface area contributed by atoms with Crippen LogP contribution in [0.2, 0.25) is 0 Å². The van der Waals surface area contributed by atoms with E-state index in [2.05, 4.69) is 20.6 Å². The Morgan fingerprint density at radius 2 is 1.73 bits per heavy atom. The van der Waals surface area contributed by atoms with E-state index in [9.17, 15) is 19.2 Å². The number of benzene rings is 2. The minimum atomic E-state index is -1.09. The first-order valence-electron chi connectivity index (χ1n) is 9.34. The van der Waals surface area contributed by atoms with Gasteiger partial charge in [-0.15, -0.1) is 0 Å². The standard InChI is InChI=1S/C21H22N4O5/c1-11-5-4-6-14(9-11)19(27)22-12(2)20(28)30-13(3)18(26)23-15-7-8-16-17(10-15)25-21(29)24-16/h4-10,12-13H,1-3H3,(H,22,27)(H,23,26)(H2,24,25,29)/t12-,13+/m0/s1. The van der Waals surface area contributed by atoms with E-state index < -0.39 is 29.9 Å². The highest BCUT2D eigenvalue weighted by Crippen LogP contribution is 2.15. The molecule has 9 heteroatoms. The summed E-state index contributed by atoms with van der Waals surface area (Å²) in [4.78, 5) is 53.4. The summed E-state index contributed by atoms with van der Waals surface area (Å²) in [6, 6.07) is 10.9. The van der Waals surface area contributed by atoms with E-state index in [0.717, 1.165) is 5.56 Å². The first kappa shape index (κ1) is 20.8. The molecule has 0 radical (unpaired) electrons. The van der Waals surface area contributed by atoms with Gasteiger partial charge in [-0.2, -0.15) is 0 Å². The van der Waals surface area contributed by atoms with Crippen molar-refractivity contribution in [3.63, 3.8) is 0 Å². The molecule has 156 valence electrons. The zero-order valence-corrected chi connectivity index (χ0v) is 16.7. The number of aromatic nitrogens is 2. The molecule has 2 atom stereocenters. The predicted molar refractivity (Wildman–Crippen MR) is 111 cm³/mol. The average Bonchev–Trinajstić information content (AvgIpc) is 3.07. The van der Waals surface area contributed by atoms with Gasteiger partial charge in [0, 0.05) is 11.3 Å². The van der Waals surface area contributed by atoms with Crippen LogP contribution < -0.4 is 16.3 Å². The number of H-pyrrole nitrogens is 2. The molecule has 0 fully saturated rings. The number of anilines is 1. The van der Waals surface area contributed by atoms with E-state index in [-0.39, 0.29) is 5.69 Å². The van der Waals surface area contributed by atoms with Gasteiger partial charge in [0.1, 0.15) is 6.04 Å². The molecular formula is C21H22N4O5. The summed E-state index contributed by atoms with van der Waals surface area (Å²) >= 11 is 0. The number of rotatable bonds is 6. The topological polar surface area (TPSA) is 133 Å². The van der Waals surface area contributed by atoms with Gasteiger partial charge < -0.3 is 25.3 Å². The quantitative estimate of drug-likeness (QED) is 0.460. The summed E-state index contributed by atoms with van der Waals surface area (Å²) in [5.74, 6) is -1.68. The van der Waals surface area contributed by atoms with Gasteiger partial charge in [-0.1, -0.05) is 17.7 Å². The van der Waals surface area contributed by atoms with Crippen molar-refractivity contribution in [2.45, 2.75) is 32.9 Å². The molecule has 0 saturated carbocycles. The first-order chi connectivity index (χ1) is 14.2. The molecule has 3 rings (SSSR count). The van der Waals surface area contributed by atoms with Crippen LogP contribution in [-0.2, 0) is 14.3 Å². The van der Waals surface area contributed by atoms with Crippen LogP contribution >= 0.6 is 0 Å². The summed E-state index contributed by atoms with van der Waals surface area (Å²) in [7, 11) is 0. The smallest absolute Gasteiger partial charge is 0.329 e. The molecule has 3 aromatic rings. The van der Waals surface area contributed by atoms with Crippen LogP contribution in [0.1, 0.15) is 29.8 Å². The third-order valence-electron chi connectivity index (χ3n) is 4.43. The Morgan fingerprint density at radius 1 is 1.00 bits per heavy atom. The summed E-state index contributed by atoms with van der Waals surface area (Å²) in [6.07, 6.45) is -1.09. The fourth-order valence-electron chi connectivity index (χ4n) is 2.81. The van der Waals surface area contributed by atoms with Gasteiger partial charge in [-0.05, 0) is 51.1 Å². The second-order valence-electron chi connectivity index (χ2n) is 6.97. The molecule has 0 aliphatic heterocycles. The lowest BCUT2D eigenvalue weighted by Crippen LogP contribution is -2.42. The third-order valence-corrected chi connectivity index (χ3v) is 4.43. The molecule has 0 aliphatic carbocycles. The molecule has 0 bridgehead atoms. The molecule has 30 heavy (non-hydrogen) atoms. The summed E-state index contributed by atoms with van der Waals surface area (Å²) in [5.41, 5.74) is 2.58. The molecular weight excluding hydrogens is 388 g/mol. The number of fused-ring (bicyclic) bond motifs is 1. The number of carbonyl (C=O) groups excluding carboxylic acids is 3. The summed E-state index contributed by atoms with van der Waals surface area (Å²) in [5, 5.41) is 5.18. The SMILES string of the molecule is Cc1cccc(C(=O)N[C@@H](C)C(=O)O[C@H](C)C(=O)Nc2ccc3[nH]c(=O)[nH]c3c2)c1. The van der Waals surface area contributed by atoms with Gasteiger partial charge in [0.2, 0.25) is 0 Å². The Balaban J connectivity index is 1.56. The van der Waals surface area contributed by atoms with Crippen molar-refractivity contribution in [1.29, 1.82) is 0 Å². The van der Waals surface area contributed by atoms with Crippen molar-refractivity contribution < 1.29 is 19.1 Å². The fraction of sp³-hybridized carbons (Fsp3) is 0.238. The predicted octanol–water partition coefficient (Wildman–Crippen LogP) is 1.85. The summed E-state index contributed by atoms with van der Waals surface area (Å²) < 4.78 is 5.17. The number of nitrogens with one attached hydrogen (secondary N) is 4. The van der Waals surface area contributed by atoms with Crippen molar-refractivity contribution in [2.75, 3.05) is 5.32 Å². The number of ether oxygens (including phenoxy) is 1. The second kappa shape index (κ2) is 8.64. The highest BCUT2D eigenvalue weighted by atomic mass is 16.5. The lowest BCUT2D eigenvalue weighted by molar-refractivity contribution is -0.154. The minimum Gasteiger partial charge on any atom is -0.451 e.